The molecule has 0 fully saturated rings. The summed E-state index contributed by atoms with van der Waals surface area (Å²) in [6, 6.07) is -1.16. The number of ketones is 2. The van der Waals surface area contributed by atoms with Crippen molar-refractivity contribution in [1.82, 2.24) is 10.3 Å². The molecule has 1 aromatic heterocycles. The molecule has 3 atom stereocenters. The zero-order chi connectivity index (χ0) is 20.4. The third-order valence-corrected chi connectivity index (χ3v) is 5.29. The predicted molar refractivity (Wildman–Crippen MR) is 105 cm³/mol. The van der Waals surface area contributed by atoms with Gasteiger partial charge in [-0.05, 0) is 33.1 Å². The van der Waals surface area contributed by atoms with E-state index in [1.54, 1.807) is 27.0 Å². The summed E-state index contributed by atoms with van der Waals surface area (Å²) in [5, 5.41) is 3.61. The van der Waals surface area contributed by atoms with Gasteiger partial charge in [0.25, 0.3) is 0 Å². The predicted octanol–water partition coefficient (Wildman–Crippen LogP) is 2.07. The maximum Gasteiger partial charge on any atom is 0.223 e. The molecule has 0 saturated carbocycles. The summed E-state index contributed by atoms with van der Waals surface area (Å²) in [5.41, 5.74) is 5.50. The van der Waals surface area contributed by atoms with E-state index in [2.05, 4.69) is 10.3 Å². The Balaban J connectivity index is 2.24. The molecule has 1 heterocycles. The van der Waals surface area contributed by atoms with Crippen LogP contribution in [0.2, 0.25) is 0 Å². The van der Waals surface area contributed by atoms with Gasteiger partial charge in [-0.15, -0.1) is 11.3 Å². The Bertz CT molecular complexity index is 657. The highest BCUT2D eigenvalue weighted by Crippen LogP contribution is 2.14. The zero-order valence-electron chi connectivity index (χ0n) is 16.2. The first kappa shape index (κ1) is 23.1. The highest BCUT2D eigenvalue weighted by molar-refractivity contribution is 7.13. The Morgan fingerprint density at radius 3 is 2.48 bits per heavy atom. The van der Waals surface area contributed by atoms with Gasteiger partial charge < -0.3 is 11.1 Å². The smallest absolute Gasteiger partial charge is 0.223 e. The number of unbranched alkanes of at least 4 members (excludes halogenated alkanes) is 2. The molecule has 0 aromatic carbocycles. The van der Waals surface area contributed by atoms with E-state index < -0.39 is 18.0 Å². The summed E-state index contributed by atoms with van der Waals surface area (Å²) in [5.74, 6) is -1.00. The summed E-state index contributed by atoms with van der Waals surface area (Å²) >= 11 is 1.39. The highest BCUT2D eigenvalue weighted by atomic mass is 32.1. The first-order chi connectivity index (χ1) is 12.7. The van der Waals surface area contributed by atoms with Gasteiger partial charge in [0.05, 0.1) is 22.0 Å². The molecule has 1 amide bonds. The summed E-state index contributed by atoms with van der Waals surface area (Å²) < 4.78 is 0. The van der Waals surface area contributed by atoms with Crippen molar-refractivity contribution in [3.05, 3.63) is 16.1 Å². The van der Waals surface area contributed by atoms with Crippen LogP contribution in [0.25, 0.3) is 0 Å². The van der Waals surface area contributed by atoms with Crippen molar-refractivity contribution in [3.63, 3.8) is 0 Å². The molecule has 27 heavy (non-hydrogen) atoms. The molecule has 0 aliphatic heterocycles. The maximum atomic E-state index is 12.2. The van der Waals surface area contributed by atoms with Gasteiger partial charge in [0.15, 0.2) is 12.1 Å². The quantitative estimate of drug-likeness (QED) is 0.390. The average molecular weight is 396 g/mol. The molecule has 0 bridgehead atoms. The first-order valence-corrected chi connectivity index (χ1v) is 10.1. The minimum atomic E-state index is -0.589. The topological polar surface area (TPSA) is 119 Å². The second kappa shape index (κ2) is 11.7. The van der Waals surface area contributed by atoms with Crippen LogP contribution < -0.4 is 11.1 Å². The van der Waals surface area contributed by atoms with Crippen LogP contribution in [0, 0.1) is 5.92 Å². The number of hydrogen-bond acceptors (Lipinski definition) is 7. The SMILES string of the molecule is C[C@H](N)C(=O)C[C@@H](C)C(=O)N[C@@H](C)C(=O)CCCCCc1ncc(C=O)s1. The first-order valence-electron chi connectivity index (χ1n) is 9.25. The molecular weight excluding hydrogens is 366 g/mol. The van der Waals surface area contributed by atoms with Crippen molar-refractivity contribution < 1.29 is 19.2 Å². The summed E-state index contributed by atoms with van der Waals surface area (Å²) in [6.07, 6.45) is 6.15. The molecule has 0 aliphatic carbocycles. The van der Waals surface area contributed by atoms with Gasteiger partial charge in [0, 0.05) is 25.0 Å². The lowest BCUT2D eigenvalue weighted by molar-refractivity contribution is -0.131. The van der Waals surface area contributed by atoms with Crippen LogP contribution in [-0.2, 0) is 20.8 Å². The fourth-order valence-corrected chi connectivity index (χ4v) is 3.26. The largest absolute Gasteiger partial charge is 0.346 e. The van der Waals surface area contributed by atoms with Crippen LogP contribution in [0.4, 0.5) is 0 Å². The fourth-order valence-electron chi connectivity index (χ4n) is 2.48. The second-order valence-electron chi connectivity index (χ2n) is 6.89. The van der Waals surface area contributed by atoms with Crippen LogP contribution in [0.5, 0.6) is 0 Å². The minimum Gasteiger partial charge on any atom is -0.346 e. The number of aryl methyl sites for hydroxylation is 1. The standard InChI is InChI=1S/C19H29N3O4S/c1-12(9-17(25)13(2)20)19(26)22-14(3)16(24)7-5-4-6-8-18-21-10-15(11-23)27-18/h10-14H,4-9,20H2,1-3H3,(H,22,26)/t12-,13+,14+/m1/s1. The van der Waals surface area contributed by atoms with Gasteiger partial charge in [-0.1, -0.05) is 13.3 Å². The lowest BCUT2D eigenvalue weighted by Crippen LogP contribution is -2.42. The number of aromatic nitrogens is 1. The van der Waals surface area contributed by atoms with Crippen LogP contribution in [0.1, 0.15) is 67.6 Å². The molecule has 0 spiro atoms. The lowest BCUT2D eigenvalue weighted by Gasteiger charge is -2.17. The van der Waals surface area contributed by atoms with Crippen molar-refractivity contribution in [1.29, 1.82) is 0 Å². The normalized spacial score (nSPS) is 14.2. The number of amides is 1. The van der Waals surface area contributed by atoms with Gasteiger partial charge in [-0.25, -0.2) is 4.98 Å². The number of thiazole rings is 1. The number of nitrogens with one attached hydrogen (secondary N) is 1. The zero-order valence-corrected chi connectivity index (χ0v) is 17.0. The van der Waals surface area contributed by atoms with E-state index in [0.29, 0.717) is 11.3 Å². The molecule has 3 N–H and O–H groups in total. The number of aldehydes is 1. The summed E-state index contributed by atoms with van der Waals surface area (Å²) in [7, 11) is 0. The highest BCUT2D eigenvalue weighted by Gasteiger charge is 2.22. The number of carbonyl (C=O) groups excluding carboxylic acids is 4. The van der Waals surface area contributed by atoms with E-state index in [4.69, 9.17) is 5.73 Å². The van der Waals surface area contributed by atoms with Crippen LogP contribution in [-0.4, -0.2) is 40.8 Å². The Hall–Kier alpha value is -1.93. The van der Waals surface area contributed by atoms with Crippen molar-refractivity contribution in [2.24, 2.45) is 11.7 Å². The number of Topliss-reactive ketones (excluding diaryl/α,β-unsaturated/α-hetero) is 2. The van der Waals surface area contributed by atoms with E-state index in [0.717, 1.165) is 37.0 Å². The molecule has 1 rings (SSSR count). The molecule has 0 saturated heterocycles. The number of nitrogens with zero attached hydrogens (tertiary/aromatic N) is 1. The van der Waals surface area contributed by atoms with Crippen LogP contribution in [0.15, 0.2) is 6.20 Å². The molecular formula is C19H29N3O4S. The van der Waals surface area contributed by atoms with Crippen molar-refractivity contribution in [2.75, 3.05) is 0 Å². The lowest BCUT2D eigenvalue weighted by atomic mass is 9.99. The van der Waals surface area contributed by atoms with E-state index in [-0.39, 0.29) is 23.9 Å². The number of carbonyl (C=O) groups is 4. The van der Waals surface area contributed by atoms with E-state index >= 15 is 0 Å². The molecule has 0 radical (unpaired) electrons. The second-order valence-corrected chi connectivity index (χ2v) is 8.04. The number of hydrogen-bond donors (Lipinski definition) is 2. The third-order valence-electron chi connectivity index (χ3n) is 4.31. The van der Waals surface area contributed by atoms with Gasteiger partial charge in [0.1, 0.15) is 5.78 Å². The maximum absolute atomic E-state index is 12.2. The van der Waals surface area contributed by atoms with Gasteiger partial charge in [-0.2, -0.15) is 0 Å². The number of nitrogens with two attached hydrogens (primary N) is 1. The Morgan fingerprint density at radius 1 is 1.19 bits per heavy atom. The van der Waals surface area contributed by atoms with Crippen molar-refractivity contribution >= 4 is 35.1 Å². The third kappa shape index (κ3) is 8.53. The van der Waals surface area contributed by atoms with Crippen LogP contribution >= 0.6 is 11.3 Å². The number of rotatable bonds is 13. The molecule has 7 nitrogen and oxygen atoms in total. The van der Waals surface area contributed by atoms with E-state index in [1.165, 1.54) is 11.3 Å². The Labute approximate surface area is 164 Å². The monoisotopic (exact) mass is 395 g/mol. The fraction of sp³-hybridized carbons (Fsp3) is 0.632. The summed E-state index contributed by atoms with van der Waals surface area (Å²) in [6.45, 7) is 4.91. The molecule has 8 heteroatoms. The Kier molecular flexibility index (Phi) is 10.0. The van der Waals surface area contributed by atoms with Crippen molar-refractivity contribution in [2.45, 2.75) is 71.4 Å². The molecule has 1 aromatic rings. The molecule has 150 valence electrons. The minimum absolute atomic E-state index is 0.0217. The van der Waals surface area contributed by atoms with E-state index in [1.807, 2.05) is 0 Å². The Morgan fingerprint density at radius 2 is 1.89 bits per heavy atom. The van der Waals surface area contributed by atoms with Crippen molar-refractivity contribution in [3.8, 4) is 0 Å². The van der Waals surface area contributed by atoms with Crippen LogP contribution in [0.3, 0.4) is 0 Å². The summed E-state index contributed by atoms with van der Waals surface area (Å²) in [4.78, 5) is 51.3. The van der Waals surface area contributed by atoms with Gasteiger partial charge in [0.2, 0.25) is 5.91 Å². The van der Waals surface area contributed by atoms with Gasteiger partial charge >= 0.3 is 0 Å². The molecule has 0 aliphatic rings. The van der Waals surface area contributed by atoms with Gasteiger partial charge in [-0.3, -0.25) is 19.2 Å². The average Bonchev–Trinajstić information content (AvgIpc) is 3.08. The molecule has 0 unspecified atom stereocenters. The van der Waals surface area contributed by atoms with E-state index in [9.17, 15) is 19.2 Å².